The number of nitrogens with zero attached hydrogens (tertiary/aromatic N) is 2. The van der Waals surface area contributed by atoms with E-state index in [0.29, 0.717) is 25.9 Å². The summed E-state index contributed by atoms with van der Waals surface area (Å²) in [4.78, 5) is 54.8. The largest absolute Gasteiger partial charge is 0.445 e. The van der Waals surface area contributed by atoms with Crippen molar-refractivity contribution >= 4 is 23.8 Å². The number of ether oxygens (including phenoxy) is 2. The first-order valence-corrected chi connectivity index (χ1v) is 11.7. The molecule has 0 aromatic heterocycles. The van der Waals surface area contributed by atoms with Crippen LogP contribution in [0.2, 0.25) is 0 Å². The predicted octanol–water partition coefficient (Wildman–Crippen LogP) is 1.10. The quantitative estimate of drug-likeness (QED) is 0.594. The maximum Gasteiger partial charge on any atom is 0.410 e. The van der Waals surface area contributed by atoms with E-state index < -0.39 is 23.3 Å². The highest BCUT2D eigenvalue weighted by Crippen LogP contribution is 2.28. The maximum absolute atomic E-state index is 13.5. The van der Waals surface area contributed by atoms with E-state index in [0.717, 1.165) is 0 Å². The van der Waals surface area contributed by atoms with Crippen LogP contribution in [-0.2, 0) is 19.1 Å². The van der Waals surface area contributed by atoms with Gasteiger partial charge in [-0.25, -0.2) is 9.59 Å². The lowest BCUT2D eigenvalue weighted by Crippen LogP contribution is -2.63. The summed E-state index contributed by atoms with van der Waals surface area (Å²) < 4.78 is 10.6. The van der Waals surface area contributed by atoms with Crippen LogP contribution in [0.3, 0.4) is 0 Å². The van der Waals surface area contributed by atoms with E-state index in [1.165, 1.54) is 9.80 Å². The third kappa shape index (κ3) is 5.55. The van der Waals surface area contributed by atoms with Gasteiger partial charge in [0.15, 0.2) is 11.6 Å². The monoisotopic (exact) mass is 464 g/mol. The van der Waals surface area contributed by atoms with Crippen LogP contribution in [0.15, 0.2) is 12.2 Å². The van der Waals surface area contributed by atoms with Crippen LogP contribution in [0.1, 0.15) is 40.5 Å². The van der Waals surface area contributed by atoms with Crippen molar-refractivity contribution in [1.82, 2.24) is 20.4 Å². The van der Waals surface area contributed by atoms with Crippen molar-refractivity contribution in [1.29, 1.82) is 0 Å². The van der Waals surface area contributed by atoms with Crippen molar-refractivity contribution in [2.24, 2.45) is 5.92 Å². The van der Waals surface area contributed by atoms with Gasteiger partial charge in [-0.05, 0) is 38.8 Å². The minimum atomic E-state index is -1.01. The molecule has 3 rings (SSSR count). The Labute approximate surface area is 195 Å². The number of carbonyl (C=O) groups is 4. The number of fused-ring (bicyclic) bond motifs is 4. The van der Waals surface area contributed by atoms with Crippen molar-refractivity contribution in [2.45, 2.75) is 57.7 Å². The van der Waals surface area contributed by atoms with Gasteiger partial charge in [-0.15, -0.1) is 0 Å². The number of rotatable bonds is 4. The van der Waals surface area contributed by atoms with E-state index in [2.05, 4.69) is 10.6 Å². The molecule has 2 amide bonds. The number of amides is 2. The first-order valence-electron chi connectivity index (χ1n) is 11.7. The first kappa shape index (κ1) is 25.2. The molecule has 0 aliphatic carbocycles. The van der Waals surface area contributed by atoms with E-state index in [4.69, 9.17) is 9.47 Å². The number of hydrogen-bond donors (Lipinski definition) is 2. The topological polar surface area (TPSA) is 117 Å². The highest BCUT2D eigenvalue weighted by molar-refractivity contribution is 5.95. The molecule has 10 heteroatoms. The Kier molecular flexibility index (Phi) is 7.79. The molecule has 2 atom stereocenters. The van der Waals surface area contributed by atoms with Crippen LogP contribution < -0.4 is 10.6 Å². The summed E-state index contributed by atoms with van der Waals surface area (Å²) in [7, 11) is 0. The molecule has 10 nitrogen and oxygen atoms in total. The van der Waals surface area contributed by atoms with Crippen LogP contribution in [-0.4, -0.2) is 96.6 Å². The van der Waals surface area contributed by atoms with Crippen molar-refractivity contribution in [3.63, 3.8) is 0 Å². The fraction of sp³-hybridized carbons (Fsp3) is 0.739. The van der Waals surface area contributed by atoms with Crippen LogP contribution in [0.25, 0.3) is 0 Å². The zero-order chi connectivity index (χ0) is 24.2. The third-order valence-electron chi connectivity index (χ3n) is 6.51. The van der Waals surface area contributed by atoms with Gasteiger partial charge < -0.3 is 24.6 Å². The lowest BCUT2D eigenvalue weighted by atomic mass is 9.85. The van der Waals surface area contributed by atoms with E-state index in [1.54, 1.807) is 12.2 Å². The highest BCUT2D eigenvalue weighted by atomic mass is 16.6. The Bertz CT molecular complexity index is 813. The molecule has 3 heterocycles. The normalized spacial score (nSPS) is 29.5. The van der Waals surface area contributed by atoms with Gasteiger partial charge in [-0.1, -0.05) is 13.8 Å². The summed E-state index contributed by atoms with van der Waals surface area (Å²) >= 11 is 0. The summed E-state index contributed by atoms with van der Waals surface area (Å²) in [6, 6.07) is 0.0185. The van der Waals surface area contributed by atoms with Crippen LogP contribution in [0.4, 0.5) is 9.59 Å². The number of nitrogens with one attached hydrogen (secondary N) is 2. The summed E-state index contributed by atoms with van der Waals surface area (Å²) in [6.45, 7) is 8.68. The number of hydrogen-bond acceptors (Lipinski definition) is 8. The molecule has 0 spiro atoms. The Morgan fingerprint density at radius 2 is 1.55 bits per heavy atom. The second kappa shape index (κ2) is 10.2. The van der Waals surface area contributed by atoms with Gasteiger partial charge in [0.1, 0.15) is 13.2 Å². The highest BCUT2D eigenvalue weighted by Gasteiger charge is 2.50. The van der Waals surface area contributed by atoms with Crippen molar-refractivity contribution in [3.05, 3.63) is 12.2 Å². The standard InChI is InChI=1S/C23H36N4O6/c1-16(2)19(29)23-8-10-27(15-23)21(31)33-12-6-5-11-32-20(30)26-9-7-22(14-26,25-17(3)4)18(28)13-24-23/h5-6,16-17,24-25H,7-15H2,1-4H3/t22-,23-/m1/s1. The lowest BCUT2D eigenvalue weighted by Gasteiger charge is -2.35. The minimum absolute atomic E-state index is 0.0185. The average molecular weight is 465 g/mol. The molecule has 3 aliphatic rings. The second-order valence-electron chi connectivity index (χ2n) is 9.73. The minimum Gasteiger partial charge on any atom is -0.445 e. The molecular formula is C23H36N4O6. The van der Waals surface area contributed by atoms with Crippen LogP contribution in [0.5, 0.6) is 0 Å². The van der Waals surface area contributed by atoms with Crippen LogP contribution in [0, 0.1) is 5.92 Å². The van der Waals surface area contributed by atoms with Crippen molar-refractivity contribution in [2.75, 3.05) is 45.9 Å². The second-order valence-corrected chi connectivity index (χ2v) is 9.73. The van der Waals surface area contributed by atoms with Gasteiger partial charge in [-0.3, -0.25) is 14.9 Å². The molecule has 0 radical (unpaired) electrons. The van der Waals surface area contributed by atoms with Gasteiger partial charge in [0.2, 0.25) is 0 Å². The average Bonchev–Trinajstić information content (AvgIpc) is 3.39. The van der Waals surface area contributed by atoms with Gasteiger partial charge in [0, 0.05) is 38.1 Å². The van der Waals surface area contributed by atoms with Crippen molar-refractivity contribution < 1.29 is 28.7 Å². The molecule has 33 heavy (non-hydrogen) atoms. The summed E-state index contributed by atoms with van der Waals surface area (Å²) in [6.07, 6.45) is 3.08. The molecule has 2 fully saturated rings. The number of carbonyl (C=O) groups excluding carboxylic acids is 4. The fourth-order valence-corrected chi connectivity index (χ4v) is 4.87. The molecule has 3 aliphatic heterocycles. The smallest absolute Gasteiger partial charge is 0.410 e. The Morgan fingerprint density at radius 3 is 2.12 bits per heavy atom. The molecule has 0 aromatic rings. The first-order chi connectivity index (χ1) is 15.6. The maximum atomic E-state index is 13.5. The summed E-state index contributed by atoms with van der Waals surface area (Å²) in [5, 5.41) is 6.59. The van der Waals surface area contributed by atoms with Gasteiger partial charge in [0.05, 0.1) is 17.6 Å². The van der Waals surface area contributed by atoms with E-state index in [-0.39, 0.29) is 56.4 Å². The van der Waals surface area contributed by atoms with E-state index >= 15 is 0 Å². The van der Waals surface area contributed by atoms with E-state index in [9.17, 15) is 19.2 Å². The third-order valence-corrected chi connectivity index (χ3v) is 6.51. The number of cyclic esters (lactones) is 2. The molecule has 0 unspecified atom stereocenters. The Balaban J connectivity index is 1.89. The molecular weight excluding hydrogens is 428 g/mol. The van der Waals surface area contributed by atoms with Gasteiger partial charge >= 0.3 is 12.2 Å². The molecule has 2 saturated heterocycles. The van der Waals surface area contributed by atoms with E-state index in [1.807, 2.05) is 27.7 Å². The zero-order valence-corrected chi connectivity index (χ0v) is 20.0. The van der Waals surface area contributed by atoms with Gasteiger partial charge in [-0.2, -0.15) is 0 Å². The Hall–Kier alpha value is -2.46. The Morgan fingerprint density at radius 1 is 0.970 bits per heavy atom. The number of Topliss-reactive ketones (excluding diaryl/α,β-unsaturated/α-hetero) is 2. The van der Waals surface area contributed by atoms with Crippen molar-refractivity contribution in [3.8, 4) is 0 Å². The SMILES string of the molecule is CC(C)N[C@]12CCN(C1)C(=O)OCC=CCOC(=O)N1CC[C@](C(=O)C(C)C)(C1)NCC2=O. The lowest BCUT2D eigenvalue weighted by molar-refractivity contribution is -0.129. The summed E-state index contributed by atoms with van der Waals surface area (Å²) in [5.74, 6) is -0.418. The molecule has 0 saturated carbocycles. The summed E-state index contributed by atoms with van der Waals surface area (Å²) in [5.41, 5.74) is -1.94. The molecule has 4 bridgehead atoms. The zero-order valence-electron chi connectivity index (χ0n) is 20.0. The molecule has 0 aromatic carbocycles. The molecule has 184 valence electrons. The van der Waals surface area contributed by atoms with Gasteiger partial charge in [0.25, 0.3) is 0 Å². The predicted molar refractivity (Wildman–Crippen MR) is 121 cm³/mol. The number of ketones is 2. The fourth-order valence-electron chi connectivity index (χ4n) is 4.87. The molecule has 2 N–H and O–H groups in total. The van der Waals surface area contributed by atoms with Crippen LogP contribution >= 0.6 is 0 Å².